The van der Waals surface area contributed by atoms with Crippen molar-refractivity contribution in [3.63, 3.8) is 0 Å². The van der Waals surface area contributed by atoms with Crippen LogP contribution in [0, 0.1) is 0 Å². The molecule has 17 heavy (non-hydrogen) atoms. The van der Waals surface area contributed by atoms with E-state index in [1.54, 1.807) is 0 Å². The quantitative estimate of drug-likeness (QED) is 0.404. The van der Waals surface area contributed by atoms with Crippen LogP contribution in [0.4, 0.5) is 0 Å². The zero-order valence-corrected chi connectivity index (χ0v) is 14.6. The van der Waals surface area contributed by atoms with E-state index in [0.717, 1.165) is 25.7 Å². The SMILES string of the molecule is ClC1CCCCC1[Se](Cl)(Cl)C1CCCCC1Cl. The van der Waals surface area contributed by atoms with Crippen molar-refractivity contribution < 1.29 is 0 Å². The van der Waals surface area contributed by atoms with Gasteiger partial charge in [-0.25, -0.2) is 0 Å². The van der Waals surface area contributed by atoms with Gasteiger partial charge in [-0.1, -0.05) is 0 Å². The zero-order valence-electron chi connectivity index (χ0n) is 9.89. The van der Waals surface area contributed by atoms with Gasteiger partial charge in [0.2, 0.25) is 0 Å². The van der Waals surface area contributed by atoms with Crippen LogP contribution in [0.25, 0.3) is 0 Å². The van der Waals surface area contributed by atoms with Gasteiger partial charge in [0, 0.05) is 0 Å². The summed E-state index contributed by atoms with van der Waals surface area (Å²) in [5.74, 6) is 0. The van der Waals surface area contributed by atoms with Crippen molar-refractivity contribution in [2.75, 3.05) is 0 Å². The van der Waals surface area contributed by atoms with Gasteiger partial charge in [-0.15, -0.1) is 0 Å². The second kappa shape index (κ2) is 6.42. The summed E-state index contributed by atoms with van der Waals surface area (Å²) in [6.07, 6.45) is 9.27. The molecule has 0 spiro atoms. The van der Waals surface area contributed by atoms with Crippen LogP contribution in [-0.2, 0) is 0 Å². The van der Waals surface area contributed by atoms with E-state index in [1.807, 2.05) is 0 Å². The molecular formula is C12H20Cl4Se. The van der Waals surface area contributed by atoms with Crippen LogP contribution in [0.1, 0.15) is 51.4 Å². The Kier molecular flexibility index (Phi) is 5.69. The Hall–Kier alpha value is 1.68. The van der Waals surface area contributed by atoms with Crippen molar-refractivity contribution >= 4 is 54.4 Å². The van der Waals surface area contributed by atoms with E-state index in [4.69, 9.17) is 43.4 Å². The van der Waals surface area contributed by atoms with Crippen LogP contribution in [0.2, 0.25) is 9.63 Å². The maximum atomic E-state index is 6.84. The summed E-state index contributed by atoms with van der Waals surface area (Å²) in [7, 11) is 13.7. The van der Waals surface area contributed by atoms with Crippen LogP contribution in [0.3, 0.4) is 0 Å². The van der Waals surface area contributed by atoms with E-state index in [2.05, 4.69) is 0 Å². The van der Waals surface area contributed by atoms with Crippen molar-refractivity contribution in [2.24, 2.45) is 0 Å². The van der Waals surface area contributed by atoms with E-state index in [1.165, 1.54) is 25.7 Å². The fourth-order valence-electron chi connectivity index (χ4n) is 3.04. The molecule has 102 valence electrons. The molecule has 0 amide bonds. The molecule has 0 saturated heterocycles. The molecule has 0 aromatic carbocycles. The van der Waals surface area contributed by atoms with Gasteiger partial charge in [0.1, 0.15) is 0 Å². The molecule has 0 nitrogen and oxygen atoms in total. The van der Waals surface area contributed by atoms with Crippen LogP contribution < -0.4 is 0 Å². The molecule has 5 heteroatoms. The van der Waals surface area contributed by atoms with Crippen molar-refractivity contribution in [2.45, 2.75) is 71.8 Å². The van der Waals surface area contributed by atoms with Crippen LogP contribution >= 0.6 is 43.4 Å². The summed E-state index contributed by atoms with van der Waals surface area (Å²) < 4.78 is 0. The molecule has 0 bridgehead atoms. The van der Waals surface area contributed by atoms with Crippen molar-refractivity contribution in [3.05, 3.63) is 0 Å². The molecule has 0 aromatic heterocycles. The number of alkyl halides is 2. The topological polar surface area (TPSA) is 0 Å². The van der Waals surface area contributed by atoms with E-state index >= 15 is 0 Å². The average Bonchev–Trinajstić information content (AvgIpc) is 2.29. The second-order valence-electron chi connectivity index (χ2n) is 5.23. The molecule has 4 atom stereocenters. The maximum absolute atomic E-state index is 6.84. The molecule has 2 fully saturated rings. The molecular weight excluding hydrogens is 365 g/mol. The summed E-state index contributed by atoms with van der Waals surface area (Å²) in [4.78, 5) is 0.712. The van der Waals surface area contributed by atoms with Crippen LogP contribution in [0.5, 0.6) is 0 Å². The van der Waals surface area contributed by atoms with Crippen molar-refractivity contribution in [1.82, 2.24) is 0 Å². The average molecular weight is 385 g/mol. The first-order valence-electron chi connectivity index (χ1n) is 6.52. The van der Waals surface area contributed by atoms with Crippen molar-refractivity contribution in [3.8, 4) is 0 Å². The molecule has 0 N–H and O–H groups in total. The summed E-state index contributed by atoms with van der Waals surface area (Å²) >= 11 is 10.4. The van der Waals surface area contributed by atoms with E-state index < -0.39 is 11.0 Å². The fourth-order valence-corrected chi connectivity index (χ4v) is 16.0. The van der Waals surface area contributed by atoms with Gasteiger partial charge in [-0.2, -0.15) is 0 Å². The zero-order chi connectivity index (χ0) is 12.5. The van der Waals surface area contributed by atoms with Gasteiger partial charge in [0.25, 0.3) is 0 Å². The number of hydrogen-bond donors (Lipinski definition) is 0. The molecule has 2 rings (SSSR count). The Bertz CT molecular complexity index is 235. The Morgan fingerprint density at radius 3 is 1.35 bits per heavy atom. The third-order valence-corrected chi connectivity index (χ3v) is 16.3. The van der Waals surface area contributed by atoms with E-state index in [0.29, 0.717) is 9.63 Å². The minimum atomic E-state index is -2.55. The molecule has 2 aliphatic rings. The molecule has 0 heterocycles. The first-order valence-corrected chi connectivity index (χ1v) is 13.9. The van der Waals surface area contributed by atoms with Crippen LogP contribution in [0.15, 0.2) is 0 Å². The van der Waals surface area contributed by atoms with E-state index in [9.17, 15) is 0 Å². The summed E-state index contributed by atoms with van der Waals surface area (Å²) in [5, 5.41) is 0.370. The molecule has 2 saturated carbocycles. The summed E-state index contributed by atoms with van der Waals surface area (Å²) in [6, 6.07) is 0. The molecule has 0 aromatic rings. The Morgan fingerprint density at radius 2 is 1.00 bits per heavy atom. The molecule has 0 aliphatic heterocycles. The predicted molar refractivity (Wildman–Crippen MR) is 81.2 cm³/mol. The summed E-state index contributed by atoms with van der Waals surface area (Å²) in [6.45, 7) is 0. The Morgan fingerprint density at radius 1 is 0.647 bits per heavy atom. The third kappa shape index (κ3) is 3.41. The summed E-state index contributed by atoms with van der Waals surface area (Å²) in [5.41, 5.74) is 0. The molecule has 2 aliphatic carbocycles. The van der Waals surface area contributed by atoms with Crippen molar-refractivity contribution in [1.29, 1.82) is 0 Å². The normalized spacial score (nSPS) is 41.2. The number of halogens is 4. The standard InChI is InChI=1S/C12H20Cl4Se/c13-9-5-1-3-7-11(9)17(15,16)12-8-4-2-6-10(12)14/h9-12H,1-8H2. The Labute approximate surface area is 125 Å². The molecule has 4 unspecified atom stereocenters. The third-order valence-electron chi connectivity index (χ3n) is 4.05. The fraction of sp³-hybridized carbons (Fsp3) is 1.00. The number of hydrogen-bond acceptors (Lipinski definition) is 0. The van der Waals surface area contributed by atoms with Gasteiger partial charge >= 0.3 is 126 Å². The van der Waals surface area contributed by atoms with Gasteiger partial charge in [0.15, 0.2) is 0 Å². The van der Waals surface area contributed by atoms with Gasteiger partial charge < -0.3 is 0 Å². The first kappa shape index (κ1) is 15.1. The molecule has 0 radical (unpaired) electrons. The second-order valence-corrected chi connectivity index (χ2v) is 17.3. The first-order chi connectivity index (χ1) is 8.03. The van der Waals surface area contributed by atoms with Gasteiger partial charge in [0.05, 0.1) is 0 Å². The predicted octanol–water partition coefficient (Wildman–Crippen LogP) is 6.01. The number of rotatable bonds is 2. The minimum absolute atomic E-state index is 0.185. The van der Waals surface area contributed by atoms with Gasteiger partial charge in [-0.3, -0.25) is 0 Å². The van der Waals surface area contributed by atoms with Crippen LogP contribution in [-0.4, -0.2) is 21.8 Å². The van der Waals surface area contributed by atoms with E-state index in [-0.39, 0.29) is 10.8 Å². The van der Waals surface area contributed by atoms with Gasteiger partial charge in [-0.05, 0) is 0 Å². The Balaban J connectivity index is 2.09. The monoisotopic (exact) mass is 384 g/mol.